The molecule has 7 heteroatoms. The quantitative estimate of drug-likeness (QED) is 0.316. The molecule has 0 spiro atoms. The second-order valence-corrected chi connectivity index (χ2v) is 6.72. The van der Waals surface area contributed by atoms with Crippen LogP contribution in [0.5, 0.6) is 0 Å². The zero-order valence-electron chi connectivity index (χ0n) is 15.9. The van der Waals surface area contributed by atoms with E-state index in [0.29, 0.717) is 12.8 Å². The fourth-order valence-corrected chi connectivity index (χ4v) is 3.35. The minimum atomic E-state index is 0.0840. The van der Waals surface area contributed by atoms with E-state index in [-0.39, 0.29) is 13.2 Å². The Morgan fingerprint density at radius 3 is 1.55 bits per heavy atom. The first-order valence-electron chi connectivity index (χ1n) is 9.54. The van der Waals surface area contributed by atoms with E-state index in [9.17, 15) is 10.2 Å². The predicted octanol–water partition coefficient (Wildman–Crippen LogP) is 3.51. The van der Waals surface area contributed by atoms with Gasteiger partial charge in [0.15, 0.2) is 0 Å². The molecule has 1 heterocycles. The van der Waals surface area contributed by atoms with Gasteiger partial charge in [0.1, 0.15) is 11.0 Å². The fraction of sp³-hybridized carbons (Fsp3) is 0.182. The standard InChI is InChI=1S/C22H23N5O2/c28-11-9-15-5-1-3-7-17(15)23-19-13-21-22(26-27-25-21)14-20(19)24-18-8-4-2-6-16(18)10-12-29/h1-8,13-14,23-24,28-29H,9-12H2,(H,25,26,27). The lowest BCUT2D eigenvalue weighted by molar-refractivity contribution is 0.299. The number of nitrogens with one attached hydrogen (secondary N) is 3. The number of para-hydroxylation sites is 2. The maximum atomic E-state index is 9.37. The van der Waals surface area contributed by atoms with Crippen molar-refractivity contribution in [1.82, 2.24) is 15.4 Å². The van der Waals surface area contributed by atoms with Gasteiger partial charge in [-0.3, -0.25) is 0 Å². The zero-order chi connectivity index (χ0) is 20.1. The summed E-state index contributed by atoms with van der Waals surface area (Å²) in [4.78, 5) is 0. The molecule has 0 unspecified atom stereocenters. The summed E-state index contributed by atoms with van der Waals surface area (Å²) in [7, 11) is 0. The molecule has 0 saturated heterocycles. The first kappa shape index (κ1) is 18.9. The highest BCUT2D eigenvalue weighted by atomic mass is 16.3. The molecular formula is C22H23N5O2. The molecule has 0 aliphatic carbocycles. The summed E-state index contributed by atoms with van der Waals surface area (Å²) in [6, 6.07) is 19.7. The normalized spacial score (nSPS) is 11.0. The average Bonchev–Trinajstić information content (AvgIpc) is 3.19. The largest absolute Gasteiger partial charge is 0.396 e. The van der Waals surface area contributed by atoms with Gasteiger partial charge in [0.05, 0.1) is 11.4 Å². The molecular weight excluding hydrogens is 366 g/mol. The predicted molar refractivity (Wildman–Crippen MR) is 115 cm³/mol. The van der Waals surface area contributed by atoms with E-state index in [1.54, 1.807) is 0 Å². The Labute approximate surface area is 168 Å². The molecule has 4 rings (SSSR count). The molecule has 0 atom stereocenters. The highest BCUT2D eigenvalue weighted by Crippen LogP contribution is 2.33. The number of nitrogens with zero attached hydrogens (tertiary/aromatic N) is 2. The molecule has 4 aromatic rings. The van der Waals surface area contributed by atoms with Crippen LogP contribution in [0.25, 0.3) is 11.0 Å². The van der Waals surface area contributed by atoms with Gasteiger partial charge in [-0.05, 0) is 48.2 Å². The summed E-state index contributed by atoms with van der Waals surface area (Å²) >= 11 is 0. The monoisotopic (exact) mass is 389 g/mol. The molecule has 0 fully saturated rings. The second-order valence-electron chi connectivity index (χ2n) is 6.72. The zero-order valence-corrected chi connectivity index (χ0v) is 15.9. The van der Waals surface area contributed by atoms with Crippen LogP contribution in [0.4, 0.5) is 22.7 Å². The van der Waals surface area contributed by atoms with Crippen LogP contribution < -0.4 is 10.6 Å². The number of H-pyrrole nitrogens is 1. The van der Waals surface area contributed by atoms with Crippen molar-refractivity contribution in [1.29, 1.82) is 0 Å². The van der Waals surface area contributed by atoms with Gasteiger partial charge in [-0.2, -0.15) is 15.4 Å². The summed E-state index contributed by atoms with van der Waals surface area (Å²) in [5.74, 6) is 0. The highest BCUT2D eigenvalue weighted by Gasteiger charge is 2.12. The lowest BCUT2D eigenvalue weighted by Gasteiger charge is -2.18. The van der Waals surface area contributed by atoms with E-state index in [1.807, 2.05) is 60.7 Å². The summed E-state index contributed by atoms with van der Waals surface area (Å²) in [5, 5.41) is 36.7. The highest BCUT2D eigenvalue weighted by molar-refractivity contribution is 5.91. The van der Waals surface area contributed by atoms with Crippen LogP contribution in [0.15, 0.2) is 60.7 Å². The Bertz CT molecular complexity index is 1020. The SMILES string of the molecule is OCCc1ccccc1Nc1cc2n[nH]nc2cc1Nc1ccccc1CCO. The Hall–Kier alpha value is -3.42. The minimum absolute atomic E-state index is 0.0840. The van der Waals surface area contributed by atoms with Gasteiger partial charge in [-0.15, -0.1) is 0 Å². The van der Waals surface area contributed by atoms with Crippen molar-refractivity contribution in [2.75, 3.05) is 23.8 Å². The van der Waals surface area contributed by atoms with Crippen LogP contribution in [0, 0.1) is 0 Å². The van der Waals surface area contributed by atoms with Crippen molar-refractivity contribution in [2.24, 2.45) is 0 Å². The van der Waals surface area contributed by atoms with Crippen molar-refractivity contribution in [3.63, 3.8) is 0 Å². The first-order chi connectivity index (χ1) is 14.3. The van der Waals surface area contributed by atoms with Crippen molar-refractivity contribution in [3.05, 3.63) is 71.8 Å². The summed E-state index contributed by atoms with van der Waals surface area (Å²) in [5.41, 5.74) is 7.10. The van der Waals surface area contributed by atoms with Gasteiger partial charge in [0.2, 0.25) is 0 Å². The average molecular weight is 389 g/mol. The lowest BCUT2D eigenvalue weighted by atomic mass is 10.1. The van der Waals surface area contributed by atoms with E-state index >= 15 is 0 Å². The molecule has 0 amide bonds. The summed E-state index contributed by atoms with van der Waals surface area (Å²) < 4.78 is 0. The number of rotatable bonds is 8. The van der Waals surface area contributed by atoms with Gasteiger partial charge < -0.3 is 20.8 Å². The van der Waals surface area contributed by atoms with Crippen LogP contribution in [-0.4, -0.2) is 38.8 Å². The molecule has 5 N–H and O–H groups in total. The molecule has 148 valence electrons. The number of aliphatic hydroxyl groups is 2. The Balaban J connectivity index is 1.74. The summed E-state index contributed by atoms with van der Waals surface area (Å²) in [6.45, 7) is 0.168. The van der Waals surface area contributed by atoms with E-state index in [1.165, 1.54) is 0 Å². The fourth-order valence-electron chi connectivity index (χ4n) is 3.35. The third-order valence-corrected chi connectivity index (χ3v) is 4.79. The van der Waals surface area contributed by atoms with E-state index in [4.69, 9.17) is 0 Å². The Morgan fingerprint density at radius 1 is 0.655 bits per heavy atom. The molecule has 0 aliphatic heterocycles. The first-order valence-corrected chi connectivity index (χ1v) is 9.54. The van der Waals surface area contributed by atoms with Gasteiger partial charge in [0, 0.05) is 24.6 Å². The second kappa shape index (κ2) is 8.72. The van der Waals surface area contributed by atoms with Crippen LogP contribution in [0.1, 0.15) is 11.1 Å². The number of hydrogen-bond donors (Lipinski definition) is 5. The minimum Gasteiger partial charge on any atom is -0.396 e. The summed E-state index contributed by atoms with van der Waals surface area (Å²) in [6.07, 6.45) is 1.13. The molecule has 7 nitrogen and oxygen atoms in total. The number of aromatic nitrogens is 3. The number of anilines is 4. The van der Waals surface area contributed by atoms with Gasteiger partial charge >= 0.3 is 0 Å². The molecule has 0 saturated carbocycles. The van der Waals surface area contributed by atoms with Gasteiger partial charge in [-0.25, -0.2) is 0 Å². The topological polar surface area (TPSA) is 106 Å². The van der Waals surface area contributed by atoms with Crippen molar-refractivity contribution < 1.29 is 10.2 Å². The van der Waals surface area contributed by atoms with Crippen LogP contribution >= 0.6 is 0 Å². The van der Waals surface area contributed by atoms with Crippen LogP contribution in [0.2, 0.25) is 0 Å². The van der Waals surface area contributed by atoms with E-state index in [0.717, 1.165) is 44.9 Å². The molecule has 3 aromatic carbocycles. The third kappa shape index (κ3) is 4.21. The number of benzene rings is 3. The molecule has 0 radical (unpaired) electrons. The molecule has 0 bridgehead atoms. The molecule has 29 heavy (non-hydrogen) atoms. The number of aliphatic hydroxyl groups excluding tert-OH is 2. The maximum absolute atomic E-state index is 9.37. The van der Waals surface area contributed by atoms with E-state index in [2.05, 4.69) is 26.0 Å². The van der Waals surface area contributed by atoms with Crippen LogP contribution in [-0.2, 0) is 12.8 Å². The van der Waals surface area contributed by atoms with Crippen LogP contribution in [0.3, 0.4) is 0 Å². The maximum Gasteiger partial charge on any atom is 0.115 e. The lowest BCUT2D eigenvalue weighted by Crippen LogP contribution is -2.03. The molecule has 0 aliphatic rings. The van der Waals surface area contributed by atoms with Gasteiger partial charge in [0.25, 0.3) is 0 Å². The third-order valence-electron chi connectivity index (χ3n) is 4.79. The van der Waals surface area contributed by atoms with E-state index < -0.39 is 0 Å². The van der Waals surface area contributed by atoms with Gasteiger partial charge in [-0.1, -0.05) is 36.4 Å². The Morgan fingerprint density at radius 2 is 1.10 bits per heavy atom. The van der Waals surface area contributed by atoms with Crippen molar-refractivity contribution >= 4 is 33.8 Å². The number of aromatic amines is 1. The van der Waals surface area contributed by atoms with Crippen molar-refractivity contribution in [3.8, 4) is 0 Å². The smallest absolute Gasteiger partial charge is 0.115 e. The van der Waals surface area contributed by atoms with Crippen molar-refractivity contribution in [2.45, 2.75) is 12.8 Å². The number of hydrogen-bond acceptors (Lipinski definition) is 6. The molecule has 1 aromatic heterocycles. The Kier molecular flexibility index (Phi) is 5.69. The number of fused-ring (bicyclic) bond motifs is 1.